The minimum Gasteiger partial charge on any atom is -0.494 e. The predicted octanol–water partition coefficient (Wildman–Crippen LogP) is 2.65. The summed E-state index contributed by atoms with van der Waals surface area (Å²) >= 11 is 0. The quantitative estimate of drug-likeness (QED) is 0.381. The molecule has 2 rings (SSSR count). The third-order valence-electron chi connectivity index (χ3n) is 3.72. The van der Waals surface area contributed by atoms with Gasteiger partial charge in [0.15, 0.2) is 6.61 Å². The largest absolute Gasteiger partial charge is 0.494 e. The van der Waals surface area contributed by atoms with Crippen molar-refractivity contribution in [3.05, 3.63) is 59.2 Å². The molecule has 0 unspecified atom stereocenters. The van der Waals surface area contributed by atoms with Gasteiger partial charge in [-0.2, -0.15) is 0 Å². The van der Waals surface area contributed by atoms with Gasteiger partial charge < -0.3 is 24.4 Å². The van der Waals surface area contributed by atoms with Crippen LogP contribution >= 0.6 is 0 Å². The van der Waals surface area contributed by atoms with Gasteiger partial charge in [0.1, 0.15) is 5.75 Å². The van der Waals surface area contributed by atoms with Crippen molar-refractivity contribution < 1.29 is 33.4 Å². The van der Waals surface area contributed by atoms with Gasteiger partial charge in [-0.15, -0.1) is 0 Å². The smallest absolute Gasteiger partial charge is 0.337 e. The van der Waals surface area contributed by atoms with Crippen LogP contribution in [0.2, 0.25) is 0 Å². The van der Waals surface area contributed by atoms with E-state index < -0.39 is 17.8 Å². The van der Waals surface area contributed by atoms with Crippen LogP contribution in [-0.4, -0.2) is 51.5 Å². The van der Waals surface area contributed by atoms with Crippen LogP contribution in [-0.2, 0) is 19.1 Å². The molecule has 0 fully saturated rings. The highest BCUT2D eigenvalue weighted by atomic mass is 16.6. The lowest BCUT2D eigenvalue weighted by Crippen LogP contribution is -2.18. The first-order valence-electron chi connectivity index (χ1n) is 8.96. The van der Waals surface area contributed by atoms with Gasteiger partial charge in [-0.1, -0.05) is 5.16 Å². The SMILES string of the molecule is CCOc1ccc(/C=N\OCC(=O)Nc2cc(C(=O)OC)cc(C(=O)OC)c2)cc1. The van der Waals surface area contributed by atoms with E-state index in [0.29, 0.717) is 6.61 Å². The predicted molar refractivity (Wildman–Crippen MR) is 109 cm³/mol. The summed E-state index contributed by atoms with van der Waals surface area (Å²) < 4.78 is 14.7. The number of benzene rings is 2. The van der Waals surface area contributed by atoms with Gasteiger partial charge in [-0.3, -0.25) is 4.79 Å². The number of ether oxygens (including phenoxy) is 3. The number of amides is 1. The number of carbonyl (C=O) groups is 3. The molecule has 1 amide bonds. The number of carbonyl (C=O) groups excluding carboxylic acids is 3. The van der Waals surface area contributed by atoms with E-state index >= 15 is 0 Å². The molecule has 2 aromatic rings. The van der Waals surface area contributed by atoms with Gasteiger partial charge >= 0.3 is 11.9 Å². The first-order valence-corrected chi connectivity index (χ1v) is 8.96. The lowest BCUT2D eigenvalue weighted by molar-refractivity contribution is -0.120. The van der Waals surface area contributed by atoms with Crippen molar-refractivity contribution in [3.8, 4) is 5.75 Å². The highest BCUT2D eigenvalue weighted by molar-refractivity contribution is 5.99. The molecule has 9 nitrogen and oxygen atoms in total. The van der Waals surface area contributed by atoms with E-state index in [4.69, 9.17) is 9.57 Å². The van der Waals surface area contributed by atoms with Gasteiger partial charge in [0, 0.05) is 5.69 Å². The second-order valence-corrected chi connectivity index (χ2v) is 5.84. The molecule has 0 spiro atoms. The summed E-state index contributed by atoms with van der Waals surface area (Å²) in [5.41, 5.74) is 1.16. The van der Waals surface area contributed by atoms with E-state index in [1.54, 1.807) is 24.3 Å². The van der Waals surface area contributed by atoms with E-state index in [1.807, 2.05) is 6.92 Å². The van der Waals surface area contributed by atoms with Gasteiger partial charge in [0.05, 0.1) is 38.2 Å². The third kappa shape index (κ3) is 6.62. The van der Waals surface area contributed by atoms with Crippen molar-refractivity contribution in [1.82, 2.24) is 0 Å². The van der Waals surface area contributed by atoms with E-state index in [9.17, 15) is 14.4 Å². The lowest BCUT2D eigenvalue weighted by atomic mass is 10.1. The number of nitrogens with zero attached hydrogens (tertiary/aromatic N) is 1. The van der Waals surface area contributed by atoms with Gasteiger partial charge in [0.2, 0.25) is 0 Å². The van der Waals surface area contributed by atoms with Crippen LogP contribution in [0, 0.1) is 0 Å². The fourth-order valence-corrected chi connectivity index (χ4v) is 2.38. The van der Waals surface area contributed by atoms with Crippen LogP contribution in [0.4, 0.5) is 5.69 Å². The van der Waals surface area contributed by atoms with Gasteiger partial charge in [0.25, 0.3) is 5.91 Å². The molecule has 1 N–H and O–H groups in total. The van der Waals surface area contributed by atoms with E-state index in [0.717, 1.165) is 11.3 Å². The summed E-state index contributed by atoms with van der Waals surface area (Å²) in [6.45, 7) is 2.11. The van der Waals surface area contributed by atoms with Crippen LogP contribution in [0.5, 0.6) is 5.75 Å². The molecule has 0 atom stereocenters. The minimum absolute atomic E-state index is 0.0881. The maximum Gasteiger partial charge on any atom is 0.337 e. The highest BCUT2D eigenvalue weighted by Gasteiger charge is 2.15. The van der Waals surface area contributed by atoms with E-state index in [2.05, 4.69) is 19.9 Å². The first kappa shape index (κ1) is 22.4. The van der Waals surface area contributed by atoms with Crippen molar-refractivity contribution in [2.45, 2.75) is 6.92 Å². The number of rotatable bonds is 9. The minimum atomic E-state index is -0.660. The molecule has 0 saturated carbocycles. The Morgan fingerprint density at radius 1 is 0.967 bits per heavy atom. The van der Waals surface area contributed by atoms with Crippen molar-refractivity contribution in [1.29, 1.82) is 0 Å². The summed E-state index contributed by atoms with van der Waals surface area (Å²) in [6.07, 6.45) is 1.45. The summed E-state index contributed by atoms with van der Waals surface area (Å²) in [6, 6.07) is 11.2. The molecule has 2 aromatic carbocycles. The van der Waals surface area contributed by atoms with Crippen LogP contribution in [0.25, 0.3) is 0 Å². The molecule has 0 radical (unpaired) electrons. The second-order valence-electron chi connectivity index (χ2n) is 5.84. The summed E-state index contributed by atoms with van der Waals surface area (Å²) in [5.74, 6) is -1.10. The van der Waals surface area contributed by atoms with Crippen molar-refractivity contribution in [2.24, 2.45) is 5.16 Å². The van der Waals surface area contributed by atoms with Crippen LogP contribution in [0.1, 0.15) is 33.2 Å². The average Bonchev–Trinajstić information content (AvgIpc) is 2.76. The zero-order chi connectivity index (χ0) is 21.9. The topological polar surface area (TPSA) is 113 Å². The molecule has 158 valence electrons. The number of anilines is 1. The Balaban J connectivity index is 1.96. The molecule has 0 heterocycles. The Morgan fingerprint density at radius 2 is 1.57 bits per heavy atom. The second kappa shape index (κ2) is 11.2. The van der Waals surface area contributed by atoms with Crippen molar-refractivity contribution >= 4 is 29.7 Å². The maximum absolute atomic E-state index is 12.1. The first-order chi connectivity index (χ1) is 14.5. The Hall–Kier alpha value is -3.88. The summed E-state index contributed by atoms with van der Waals surface area (Å²) in [5, 5.41) is 6.27. The molecule has 0 aliphatic heterocycles. The monoisotopic (exact) mass is 414 g/mol. The lowest BCUT2D eigenvalue weighted by Gasteiger charge is -2.09. The summed E-state index contributed by atoms with van der Waals surface area (Å²) in [7, 11) is 2.42. The molecule has 0 bridgehead atoms. The molecular weight excluding hydrogens is 392 g/mol. The van der Waals surface area contributed by atoms with Gasteiger partial charge in [-0.05, 0) is 55.0 Å². The molecule has 0 aliphatic rings. The standard InChI is InChI=1S/C21H22N2O7/c1-4-29-18-7-5-14(6-8-18)12-22-30-13-19(24)23-17-10-15(20(25)27-2)9-16(11-17)21(26)28-3/h5-12H,4,13H2,1-3H3,(H,23,24)/b22-12-. The Bertz CT molecular complexity index is 889. The van der Waals surface area contributed by atoms with Crippen LogP contribution < -0.4 is 10.1 Å². The molecule has 0 saturated heterocycles. The number of esters is 2. The summed E-state index contributed by atoms with van der Waals surface area (Å²) in [4.78, 5) is 40.6. The van der Waals surface area contributed by atoms with Crippen LogP contribution in [0.3, 0.4) is 0 Å². The zero-order valence-corrected chi connectivity index (χ0v) is 16.8. The van der Waals surface area contributed by atoms with E-state index in [-0.39, 0.29) is 23.4 Å². The zero-order valence-electron chi connectivity index (χ0n) is 16.8. The molecule has 30 heavy (non-hydrogen) atoms. The molecular formula is C21H22N2O7. The third-order valence-corrected chi connectivity index (χ3v) is 3.72. The fraction of sp³-hybridized carbons (Fsp3) is 0.238. The van der Waals surface area contributed by atoms with Gasteiger partial charge in [-0.25, -0.2) is 9.59 Å². The average molecular weight is 414 g/mol. The molecule has 9 heteroatoms. The van der Waals surface area contributed by atoms with Crippen molar-refractivity contribution in [3.63, 3.8) is 0 Å². The Kier molecular flexibility index (Phi) is 8.37. The Morgan fingerprint density at radius 3 is 2.10 bits per heavy atom. The molecule has 0 aromatic heterocycles. The maximum atomic E-state index is 12.1. The van der Waals surface area contributed by atoms with Crippen LogP contribution in [0.15, 0.2) is 47.6 Å². The highest BCUT2D eigenvalue weighted by Crippen LogP contribution is 2.17. The number of hydrogen-bond acceptors (Lipinski definition) is 8. The fourth-order valence-electron chi connectivity index (χ4n) is 2.38. The molecule has 0 aliphatic carbocycles. The van der Waals surface area contributed by atoms with E-state index in [1.165, 1.54) is 38.6 Å². The number of nitrogens with one attached hydrogen (secondary N) is 1. The Labute approximate surface area is 173 Å². The number of oxime groups is 1. The van der Waals surface area contributed by atoms with Crippen molar-refractivity contribution in [2.75, 3.05) is 32.8 Å². The normalized spacial score (nSPS) is 10.4. The number of hydrogen-bond donors (Lipinski definition) is 1. The number of methoxy groups -OCH3 is 2.